The Bertz CT molecular complexity index is 1200. The summed E-state index contributed by atoms with van der Waals surface area (Å²) >= 11 is 0. The molecule has 0 unspecified atom stereocenters. The highest BCUT2D eigenvalue weighted by Crippen LogP contribution is 2.39. The predicted octanol–water partition coefficient (Wildman–Crippen LogP) is 9.41. The lowest BCUT2D eigenvalue weighted by molar-refractivity contribution is 0.296. The molecule has 0 amide bonds. The fourth-order valence-corrected chi connectivity index (χ4v) is 4.85. The van der Waals surface area contributed by atoms with Crippen LogP contribution in [0.5, 0.6) is 5.75 Å². The van der Waals surface area contributed by atoms with Gasteiger partial charge in [0.1, 0.15) is 0 Å². The third-order valence-electron chi connectivity index (χ3n) is 7.01. The first kappa shape index (κ1) is 25.8. The second-order valence-electron chi connectivity index (χ2n) is 9.64. The van der Waals surface area contributed by atoms with E-state index in [0.29, 0.717) is 29.2 Å². The maximum absolute atomic E-state index is 15.0. The number of halogens is 3. The highest BCUT2D eigenvalue weighted by atomic mass is 19.2. The van der Waals surface area contributed by atoms with E-state index in [-0.39, 0.29) is 17.5 Å². The van der Waals surface area contributed by atoms with Crippen molar-refractivity contribution >= 4 is 6.08 Å². The van der Waals surface area contributed by atoms with Gasteiger partial charge in [0.25, 0.3) is 0 Å². The zero-order valence-corrected chi connectivity index (χ0v) is 20.8. The molecule has 36 heavy (non-hydrogen) atoms. The first-order valence-corrected chi connectivity index (χ1v) is 12.7. The van der Waals surface area contributed by atoms with Crippen molar-refractivity contribution in [2.45, 2.75) is 51.4 Å². The fraction of sp³-hybridized carbons (Fsp3) is 0.312. The molecule has 4 rings (SSSR count). The molecule has 4 heteroatoms. The summed E-state index contributed by atoms with van der Waals surface area (Å²) < 4.78 is 49.8. The molecule has 0 aliphatic heterocycles. The van der Waals surface area contributed by atoms with Crippen molar-refractivity contribution in [2.75, 3.05) is 6.61 Å². The molecule has 0 atom stereocenters. The van der Waals surface area contributed by atoms with E-state index in [4.69, 9.17) is 4.74 Å². The van der Waals surface area contributed by atoms with Crippen LogP contribution in [0.25, 0.3) is 17.2 Å². The Hall–Kier alpha value is -3.27. The molecule has 0 aromatic heterocycles. The second-order valence-corrected chi connectivity index (χ2v) is 9.64. The van der Waals surface area contributed by atoms with E-state index < -0.39 is 11.6 Å². The molecule has 0 spiro atoms. The van der Waals surface area contributed by atoms with Crippen LogP contribution in [-0.2, 0) is 0 Å². The van der Waals surface area contributed by atoms with Gasteiger partial charge < -0.3 is 4.74 Å². The molecular weight excluding hydrogens is 457 g/mol. The van der Waals surface area contributed by atoms with Crippen LogP contribution in [0.4, 0.5) is 13.2 Å². The van der Waals surface area contributed by atoms with Crippen LogP contribution in [0, 0.1) is 30.3 Å². The molecule has 1 aliphatic rings. The van der Waals surface area contributed by atoms with Crippen molar-refractivity contribution in [3.8, 4) is 16.9 Å². The molecular formula is C32H33F3O. The number of allylic oxidation sites excluding steroid dienone is 2. The number of benzene rings is 3. The van der Waals surface area contributed by atoms with E-state index in [0.717, 1.165) is 49.7 Å². The molecule has 3 aromatic carbocycles. The van der Waals surface area contributed by atoms with Crippen LogP contribution in [-0.4, -0.2) is 6.61 Å². The second kappa shape index (κ2) is 12.1. The first-order chi connectivity index (χ1) is 17.5. The number of hydrogen-bond acceptors (Lipinski definition) is 1. The van der Waals surface area contributed by atoms with Crippen LogP contribution in [0.15, 0.2) is 73.3 Å². The SMILES string of the molecule is C=CCCCOc1ccc(/C=C/C2CCC(c3ccc(-c4ccc(C)cc4)c(F)c3F)CC2)cc1F. The summed E-state index contributed by atoms with van der Waals surface area (Å²) in [4.78, 5) is 0. The quantitative estimate of drug-likeness (QED) is 0.214. The maximum Gasteiger partial charge on any atom is 0.166 e. The predicted molar refractivity (Wildman–Crippen MR) is 142 cm³/mol. The largest absolute Gasteiger partial charge is 0.491 e. The van der Waals surface area contributed by atoms with E-state index in [9.17, 15) is 8.78 Å². The van der Waals surface area contributed by atoms with Crippen LogP contribution >= 0.6 is 0 Å². The average Bonchev–Trinajstić information content (AvgIpc) is 2.89. The zero-order valence-electron chi connectivity index (χ0n) is 20.8. The highest BCUT2D eigenvalue weighted by Gasteiger charge is 2.25. The van der Waals surface area contributed by atoms with Gasteiger partial charge in [-0.25, -0.2) is 13.2 Å². The molecule has 1 aliphatic carbocycles. The van der Waals surface area contributed by atoms with Gasteiger partial charge >= 0.3 is 0 Å². The van der Waals surface area contributed by atoms with E-state index in [2.05, 4.69) is 12.7 Å². The van der Waals surface area contributed by atoms with Crippen molar-refractivity contribution in [1.82, 2.24) is 0 Å². The Kier molecular flexibility index (Phi) is 8.69. The summed E-state index contributed by atoms with van der Waals surface area (Å²) in [5, 5.41) is 0. The van der Waals surface area contributed by atoms with Crippen molar-refractivity contribution in [3.05, 3.63) is 107 Å². The highest BCUT2D eigenvalue weighted by molar-refractivity contribution is 5.65. The van der Waals surface area contributed by atoms with Crippen molar-refractivity contribution in [1.29, 1.82) is 0 Å². The minimum Gasteiger partial charge on any atom is -0.491 e. The standard InChI is InChI=1S/C32H33F3O/c1-3-4-5-20-36-30-19-12-24(21-29(30)33)9-8-23-10-15-26(16-11-23)28-18-17-27(31(34)32(28)35)25-13-6-22(2)7-14-25/h3,6-9,12-14,17-19,21,23,26H,1,4-5,10-11,15-16,20H2,2H3/b9-8+. The molecule has 0 bridgehead atoms. The third-order valence-corrected chi connectivity index (χ3v) is 7.01. The van der Waals surface area contributed by atoms with Crippen molar-refractivity contribution in [3.63, 3.8) is 0 Å². The molecule has 0 saturated heterocycles. The number of ether oxygens (including phenoxy) is 1. The maximum atomic E-state index is 15.0. The number of rotatable bonds is 9. The minimum absolute atomic E-state index is 0.00573. The van der Waals surface area contributed by atoms with Crippen molar-refractivity contribution < 1.29 is 17.9 Å². The average molecular weight is 491 g/mol. The van der Waals surface area contributed by atoms with Crippen LogP contribution in [0.2, 0.25) is 0 Å². The summed E-state index contributed by atoms with van der Waals surface area (Å²) in [5.74, 6) is -1.27. The summed E-state index contributed by atoms with van der Waals surface area (Å²) in [5.41, 5.74) is 3.31. The monoisotopic (exact) mass is 490 g/mol. The number of unbranched alkanes of at least 4 members (excludes halogenated alkanes) is 1. The van der Waals surface area contributed by atoms with Gasteiger partial charge in [-0.05, 0) is 86.1 Å². The Morgan fingerprint density at radius 3 is 2.36 bits per heavy atom. The van der Waals surface area contributed by atoms with Gasteiger partial charge in [0.05, 0.1) is 6.61 Å². The fourth-order valence-electron chi connectivity index (χ4n) is 4.85. The van der Waals surface area contributed by atoms with Gasteiger partial charge in [-0.2, -0.15) is 0 Å². The molecule has 1 saturated carbocycles. The molecule has 0 radical (unpaired) electrons. The van der Waals surface area contributed by atoms with Gasteiger partial charge in [0.15, 0.2) is 23.2 Å². The smallest absolute Gasteiger partial charge is 0.166 e. The number of aryl methyl sites for hydroxylation is 1. The lowest BCUT2D eigenvalue weighted by Gasteiger charge is -2.27. The topological polar surface area (TPSA) is 9.23 Å². The normalized spacial score (nSPS) is 17.9. The van der Waals surface area contributed by atoms with Gasteiger partial charge in [-0.1, -0.05) is 66.3 Å². The lowest BCUT2D eigenvalue weighted by Crippen LogP contribution is -2.13. The Morgan fingerprint density at radius 2 is 1.67 bits per heavy atom. The molecule has 0 N–H and O–H groups in total. The molecule has 3 aromatic rings. The Labute approximate surface area is 212 Å². The summed E-state index contributed by atoms with van der Waals surface area (Å²) in [6.07, 6.45) is 10.9. The Balaban J connectivity index is 1.34. The van der Waals surface area contributed by atoms with Gasteiger partial charge in [-0.15, -0.1) is 6.58 Å². The summed E-state index contributed by atoms with van der Waals surface area (Å²) in [7, 11) is 0. The third kappa shape index (κ3) is 6.29. The first-order valence-electron chi connectivity index (χ1n) is 12.7. The van der Waals surface area contributed by atoms with Crippen molar-refractivity contribution in [2.24, 2.45) is 5.92 Å². The van der Waals surface area contributed by atoms with Gasteiger partial charge in [0.2, 0.25) is 0 Å². The van der Waals surface area contributed by atoms with E-state index in [1.807, 2.05) is 49.4 Å². The van der Waals surface area contributed by atoms with Crippen LogP contribution < -0.4 is 4.74 Å². The van der Waals surface area contributed by atoms with E-state index in [1.54, 1.807) is 18.2 Å². The van der Waals surface area contributed by atoms with Crippen LogP contribution in [0.3, 0.4) is 0 Å². The lowest BCUT2D eigenvalue weighted by atomic mass is 9.78. The van der Waals surface area contributed by atoms with Gasteiger partial charge in [0, 0.05) is 5.56 Å². The number of hydrogen-bond donors (Lipinski definition) is 0. The molecule has 1 nitrogen and oxygen atoms in total. The minimum atomic E-state index is -0.770. The van der Waals surface area contributed by atoms with E-state index >= 15 is 4.39 Å². The molecule has 1 fully saturated rings. The zero-order chi connectivity index (χ0) is 25.5. The molecule has 188 valence electrons. The van der Waals surface area contributed by atoms with Gasteiger partial charge in [-0.3, -0.25) is 0 Å². The Morgan fingerprint density at radius 1 is 0.917 bits per heavy atom. The van der Waals surface area contributed by atoms with E-state index in [1.165, 1.54) is 6.07 Å². The summed E-state index contributed by atoms with van der Waals surface area (Å²) in [6, 6.07) is 15.9. The van der Waals surface area contributed by atoms with Crippen LogP contribution in [0.1, 0.15) is 61.1 Å². The summed E-state index contributed by atoms with van der Waals surface area (Å²) in [6.45, 7) is 6.09. The molecule has 0 heterocycles.